The maximum atomic E-state index is 5.59. The van der Waals surface area contributed by atoms with E-state index in [9.17, 15) is 0 Å². The molecule has 0 spiro atoms. The predicted molar refractivity (Wildman–Crippen MR) is 63.8 cm³/mol. The summed E-state index contributed by atoms with van der Waals surface area (Å²) in [5.41, 5.74) is 7.82. The Kier molecular flexibility index (Phi) is 3.18. The fraction of sp³-hybridized carbons (Fsp3) is 0.364. The Hall–Kier alpha value is -1.13. The number of nitrogens with two attached hydrogens (primary N) is 1. The average molecular weight is 221 g/mol. The van der Waals surface area contributed by atoms with Gasteiger partial charge in [-0.15, -0.1) is 11.3 Å². The molecule has 3 nitrogen and oxygen atoms in total. The minimum Gasteiger partial charge on any atom is -0.359 e. The normalized spacial score (nSPS) is 12.9. The van der Waals surface area contributed by atoms with E-state index < -0.39 is 0 Å². The van der Waals surface area contributed by atoms with Crippen LogP contribution in [-0.2, 0) is 6.42 Å². The molecular formula is C11H15N3S. The van der Waals surface area contributed by atoms with Crippen LogP contribution >= 0.6 is 11.3 Å². The molecule has 2 aromatic heterocycles. The average Bonchev–Trinajstić information content (AvgIpc) is 2.85. The van der Waals surface area contributed by atoms with E-state index in [4.69, 9.17) is 5.73 Å². The van der Waals surface area contributed by atoms with Crippen molar-refractivity contribution in [1.29, 1.82) is 0 Å². The molecule has 15 heavy (non-hydrogen) atoms. The second-order valence-corrected chi connectivity index (χ2v) is 4.63. The van der Waals surface area contributed by atoms with Crippen molar-refractivity contribution < 1.29 is 0 Å². The van der Waals surface area contributed by atoms with Crippen LogP contribution in [0.2, 0.25) is 0 Å². The molecule has 2 aromatic rings. The maximum Gasteiger partial charge on any atom is 0.139 e. The third-order valence-electron chi connectivity index (χ3n) is 2.34. The second kappa shape index (κ2) is 4.59. The Balaban J connectivity index is 2.11. The smallest absolute Gasteiger partial charge is 0.139 e. The molecule has 0 fully saturated rings. The van der Waals surface area contributed by atoms with E-state index >= 15 is 0 Å². The zero-order chi connectivity index (χ0) is 10.7. The Labute approximate surface area is 93.4 Å². The Morgan fingerprint density at radius 3 is 3.13 bits per heavy atom. The summed E-state index contributed by atoms with van der Waals surface area (Å²) in [4.78, 5) is 7.73. The van der Waals surface area contributed by atoms with Crippen molar-refractivity contribution in [3.05, 3.63) is 29.4 Å². The first-order valence-electron chi connectivity index (χ1n) is 5.08. The van der Waals surface area contributed by atoms with Gasteiger partial charge in [0, 0.05) is 11.6 Å². The molecule has 2 rings (SSSR count). The molecule has 80 valence electrons. The molecule has 0 radical (unpaired) electrons. The summed E-state index contributed by atoms with van der Waals surface area (Å²) in [5, 5.41) is 3.17. The summed E-state index contributed by atoms with van der Waals surface area (Å²) >= 11 is 1.68. The summed E-state index contributed by atoms with van der Waals surface area (Å²) in [5.74, 6) is 0.503. The molecular weight excluding hydrogens is 206 g/mol. The summed E-state index contributed by atoms with van der Waals surface area (Å²) in [6, 6.07) is 4.02. The van der Waals surface area contributed by atoms with Crippen molar-refractivity contribution in [2.75, 3.05) is 6.54 Å². The number of H-pyrrole nitrogens is 1. The van der Waals surface area contributed by atoms with Crippen LogP contribution < -0.4 is 5.73 Å². The van der Waals surface area contributed by atoms with Gasteiger partial charge in [-0.3, -0.25) is 0 Å². The minimum absolute atomic E-state index is 0.503. The van der Waals surface area contributed by atoms with Crippen LogP contribution in [0.3, 0.4) is 0 Å². The molecule has 0 amide bonds. The first-order chi connectivity index (χ1) is 7.29. The van der Waals surface area contributed by atoms with E-state index in [0.717, 1.165) is 29.4 Å². The van der Waals surface area contributed by atoms with Crippen LogP contribution in [0.5, 0.6) is 0 Å². The summed E-state index contributed by atoms with van der Waals surface area (Å²) in [6.45, 7) is 2.86. The van der Waals surface area contributed by atoms with E-state index in [1.165, 1.54) is 0 Å². The number of thiazole rings is 1. The number of aromatic nitrogens is 2. The van der Waals surface area contributed by atoms with E-state index in [2.05, 4.69) is 22.3 Å². The van der Waals surface area contributed by atoms with Crippen LogP contribution in [0.1, 0.15) is 12.6 Å². The van der Waals surface area contributed by atoms with E-state index in [1.807, 2.05) is 18.3 Å². The number of rotatable bonds is 4. The third kappa shape index (κ3) is 2.46. The number of nitrogens with one attached hydrogen (secondary N) is 1. The van der Waals surface area contributed by atoms with Crippen molar-refractivity contribution >= 4 is 11.3 Å². The van der Waals surface area contributed by atoms with Gasteiger partial charge in [0.15, 0.2) is 0 Å². The predicted octanol–water partition coefficient (Wildman–Crippen LogP) is 2.28. The lowest BCUT2D eigenvalue weighted by molar-refractivity contribution is 0.586. The first kappa shape index (κ1) is 10.4. The molecule has 1 unspecified atom stereocenters. The van der Waals surface area contributed by atoms with Gasteiger partial charge >= 0.3 is 0 Å². The van der Waals surface area contributed by atoms with E-state index in [1.54, 1.807) is 11.3 Å². The Morgan fingerprint density at radius 1 is 1.60 bits per heavy atom. The minimum atomic E-state index is 0.503. The lowest BCUT2D eigenvalue weighted by Gasteiger charge is -2.03. The fourth-order valence-corrected chi connectivity index (χ4v) is 2.25. The Bertz CT molecular complexity index is 405. The van der Waals surface area contributed by atoms with Crippen molar-refractivity contribution in [3.8, 4) is 10.7 Å². The SMILES string of the molecule is CC(CN)Cc1csc(-c2ccc[nH]2)n1. The zero-order valence-electron chi connectivity index (χ0n) is 8.73. The standard InChI is InChI=1S/C11H15N3S/c1-8(6-12)5-9-7-15-11(14-9)10-3-2-4-13-10/h2-4,7-8,13H,5-6,12H2,1H3. The third-order valence-corrected chi connectivity index (χ3v) is 3.26. The van der Waals surface area contributed by atoms with Crippen LogP contribution in [0.4, 0.5) is 0 Å². The number of aromatic amines is 1. The van der Waals surface area contributed by atoms with Gasteiger partial charge in [0.2, 0.25) is 0 Å². The molecule has 0 aromatic carbocycles. The van der Waals surface area contributed by atoms with Crippen LogP contribution in [0, 0.1) is 5.92 Å². The van der Waals surface area contributed by atoms with Crippen molar-refractivity contribution in [3.63, 3.8) is 0 Å². The quantitative estimate of drug-likeness (QED) is 0.832. The van der Waals surface area contributed by atoms with Gasteiger partial charge in [-0.05, 0) is 31.0 Å². The van der Waals surface area contributed by atoms with E-state index in [-0.39, 0.29) is 0 Å². The highest BCUT2D eigenvalue weighted by Gasteiger charge is 2.07. The number of nitrogens with zero attached hydrogens (tertiary/aromatic N) is 1. The van der Waals surface area contributed by atoms with Crippen molar-refractivity contribution in [2.24, 2.45) is 11.7 Å². The van der Waals surface area contributed by atoms with Gasteiger partial charge in [-0.2, -0.15) is 0 Å². The molecule has 4 heteroatoms. The molecule has 0 saturated heterocycles. The van der Waals surface area contributed by atoms with E-state index in [0.29, 0.717) is 5.92 Å². The van der Waals surface area contributed by atoms with Gasteiger partial charge in [0.25, 0.3) is 0 Å². The van der Waals surface area contributed by atoms with Gasteiger partial charge < -0.3 is 10.7 Å². The molecule has 0 aliphatic carbocycles. The highest BCUT2D eigenvalue weighted by Crippen LogP contribution is 2.22. The van der Waals surface area contributed by atoms with Gasteiger partial charge in [-0.1, -0.05) is 6.92 Å². The van der Waals surface area contributed by atoms with Crippen molar-refractivity contribution in [2.45, 2.75) is 13.3 Å². The monoisotopic (exact) mass is 221 g/mol. The lowest BCUT2D eigenvalue weighted by atomic mass is 10.1. The zero-order valence-corrected chi connectivity index (χ0v) is 9.55. The molecule has 1 atom stereocenters. The highest BCUT2D eigenvalue weighted by atomic mass is 32.1. The molecule has 3 N–H and O–H groups in total. The summed E-state index contributed by atoms with van der Waals surface area (Å²) < 4.78 is 0. The molecule has 0 saturated carbocycles. The molecule has 0 bridgehead atoms. The number of hydrogen-bond acceptors (Lipinski definition) is 3. The second-order valence-electron chi connectivity index (χ2n) is 3.77. The van der Waals surface area contributed by atoms with Gasteiger partial charge in [-0.25, -0.2) is 4.98 Å². The lowest BCUT2D eigenvalue weighted by Crippen LogP contribution is -2.13. The highest BCUT2D eigenvalue weighted by molar-refractivity contribution is 7.13. The molecule has 0 aliphatic rings. The van der Waals surface area contributed by atoms with Gasteiger partial charge in [0.05, 0.1) is 11.4 Å². The summed E-state index contributed by atoms with van der Waals surface area (Å²) in [7, 11) is 0. The number of hydrogen-bond donors (Lipinski definition) is 2. The first-order valence-corrected chi connectivity index (χ1v) is 5.96. The maximum absolute atomic E-state index is 5.59. The van der Waals surface area contributed by atoms with Crippen LogP contribution in [-0.4, -0.2) is 16.5 Å². The largest absolute Gasteiger partial charge is 0.359 e. The van der Waals surface area contributed by atoms with Crippen LogP contribution in [0.15, 0.2) is 23.7 Å². The summed E-state index contributed by atoms with van der Waals surface area (Å²) in [6.07, 6.45) is 2.88. The van der Waals surface area contributed by atoms with Gasteiger partial charge in [0.1, 0.15) is 5.01 Å². The Morgan fingerprint density at radius 2 is 2.47 bits per heavy atom. The molecule has 2 heterocycles. The topological polar surface area (TPSA) is 54.7 Å². The van der Waals surface area contributed by atoms with Crippen LogP contribution in [0.25, 0.3) is 10.7 Å². The fourth-order valence-electron chi connectivity index (χ4n) is 1.43. The van der Waals surface area contributed by atoms with Crippen molar-refractivity contribution in [1.82, 2.24) is 9.97 Å². The molecule has 0 aliphatic heterocycles.